The van der Waals surface area contributed by atoms with Gasteiger partial charge in [-0.3, -0.25) is 14.0 Å². The number of rotatable bonds is 4. The summed E-state index contributed by atoms with van der Waals surface area (Å²) in [6, 6.07) is 3.32. The van der Waals surface area contributed by atoms with Crippen molar-refractivity contribution in [1.29, 1.82) is 0 Å². The number of amides is 2. The van der Waals surface area contributed by atoms with Crippen molar-refractivity contribution >= 4 is 51.8 Å². The van der Waals surface area contributed by atoms with Crippen LogP contribution in [-0.2, 0) is 12.6 Å². The van der Waals surface area contributed by atoms with Crippen LogP contribution in [0.2, 0.25) is 5.02 Å². The summed E-state index contributed by atoms with van der Waals surface area (Å²) < 4.78 is 17.8. The number of hydrogen-bond acceptors (Lipinski definition) is 6. The first kappa shape index (κ1) is 24.7. The van der Waals surface area contributed by atoms with Crippen LogP contribution in [0.4, 0.5) is 20.6 Å². The van der Waals surface area contributed by atoms with E-state index < -0.39 is 11.8 Å². The van der Waals surface area contributed by atoms with Crippen LogP contribution in [-0.4, -0.2) is 36.6 Å². The summed E-state index contributed by atoms with van der Waals surface area (Å²) in [4.78, 5) is 34.3. The normalized spacial score (nSPS) is 11.6. The number of thioether (sulfide) groups is 1. The molecule has 0 radical (unpaired) electrons. The molecule has 4 aromatic rings. The lowest BCUT2D eigenvalue weighted by molar-refractivity contribution is 0.262. The van der Waals surface area contributed by atoms with Crippen molar-refractivity contribution in [2.45, 2.75) is 31.5 Å². The zero-order chi connectivity index (χ0) is 25.5. The molecule has 0 unspecified atom stereocenters. The van der Waals surface area contributed by atoms with E-state index in [-0.39, 0.29) is 32.9 Å². The van der Waals surface area contributed by atoms with Crippen LogP contribution in [0, 0.1) is 5.82 Å². The van der Waals surface area contributed by atoms with Crippen molar-refractivity contribution in [2.75, 3.05) is 16.9 Å². The van der Waals surface area contributed by atoms with Crippen molar-refractivity contribution in [3.63, 3.8) is 0 Å². The summed E-state index contributed by atoms with van der Waals surface area (Å²) in [6.07, 6.45) is 6.62. The molecule has 9 nitrogen and oxygen atoms in total. The molecule has 2 amide bonds. The van der Waals surface area contributed by atoms with E-state index in [1.165, 1.54) is 28.6 Å². The number of pyridine rings is 1. The monoisotopic (exact) mass is 515 g/mol. The molecule has 3 heterocycles. The highest BCUT2D eigenvalue weighted by molar-refractivity contribution is 7.98. The van der Waals surface area contributed by atoms with E-state index in [1.807, 2.05) is 27.0 Å². The Morgan fingerprint density at radius 1 is 1.14 bits per heavy atom. The number of anilines is 2. The molecule has 2 N–H and O–H groups in total. The SMILES string of the molecule is CSc1ncc2cc(-c3cc(NC(=O)Nc4cnn(C(C)(C)C)c4)c(F)cc3Cl)c(=O)n(C)c2n1. The third-order valence-corrected chi connectivity index (χ3v) is 6.11. The molecular weight excluding hydrogens is 493 g/mol. The standard InChI is InChI=1S/C23H23ClFN7O2S/c1-23(2,3)32-11-13(10-27-32)28-21(34)29-18-7-14(16(24)8-17(18)25)15-6-12-9-26-22(35-5)30-19(12)31(4)20(15)33/h6-11H,1-5H3,(H2,28,29,34). The first-order valence-corrected chi connectivity index (χ1v) is 12.1. The summed E-state index contributed by atoms with van der Waals surface area (Å²) in [7, 11) is 1.59. The molecule has 0 aliphatic heterocycles. The Bertz CT molecular complexity index is 1510. The lowest BCUT2D eigenvalue weighted by atomic mass is 10.0. The predicted molar refractivity (Wildman–Crippen MR) is 137 cm³/mol. The lowest BCUT2D eigenvalue weighted by Gasteiger charge is -2.18. The van der Waals surface area contributed by atoms with Crippen LogP contribution in [0.15, 0.2) is 46.7 Å². The minimum absolute atomic E-state index is 0.0259. The van der Waals surface area contributed by atoms with E-state index >= 15 is 0 Å². The van der Waals surface area contributed by atoms with Crippen LogP contribution < -0.4 is 16.2 Å². The molecule has 0 saturated heterocycles. The molecule has 0 saturated carbocycles. The Kier molecular flexibility index (Phi) is 6.56. The molecule has 182 valence electrons. The average Bonchev–Trinajstić information content (AvgIpc) is 3.27. The van der Waals surface area contributed by atoms with Gasteiger partial charge in [-0.25, -0.2) is 19.2 Å². The maximum Gasteiger partial charge on any atom is 0.323 e. The van der Waals surface area contributed by atoms with Crippen LogP contribution in [0.5, 0.6) is 0 Å². The van der Waals surface area contributed by atoms with Gasteiger partial charge in [0.25, 0.3) is 5.56 Å². The van der Waals surface area contributed by atoms with Crippen molar-refractivity contribution in [1.82, 2.24) is 24.3 Å². The number of hydrogen-bond donors (Lipinski definition) is 2. The van der Waals surface area contributed by atoms with Gasteiger partial charge in [0.15, 0.2) is 5.16 Å². The van der Waals surface area contributed by atoms with Crippen LogP contribution in [0.25, 0.3) is 22.2 Å². The number of urea groups is 1. The van der Waals surface area contributed by atoms with Crippen LogP contribution in [0.3, 0.4) is 0 Å². The molecule has 0 spiro atoms. The molecule has 0 aliphatic rings. The summed E-state index contributed by atoms with van der Waals surface area (Å²) in [5.74, 6) is -0.746. The smallest absolute Gasteiger partial charge is 0.305 e. The quantitative estimate of drug-likeness (QED) is 0.289. The number of nitrogens with zero attached hydrogens (tertiary/aromatic N) is 5. The van der Waals surface area contributed by atoms with Crippen molar-refractivity contribution in [2.24, 2.45) is 7.05 Å². The molecule has 12 heteroatoms. The van der Waals surface area contributed by atoms with Crippen LogP contribution in [0.1, 0.15) is 20.8 Å². The third-order valence-electron chi connectivity index (χ3n) is 5.23. The molecule has 3 aromatic heterocycles. The minimum Gasteiger partial charge on any atom is -0.305 e. The number of nitrogens with one attached hydrogen (secondary N) is 2. The Balaban J connectivity index is 1.67. The number of carbonyl (C=O) groups excluding carboxylic acids is 1. The topological polar surface area (TPSA) is 107 Å². The molecule has 0 aliphatic carbocycles. The second-order valence-electron chi connectivity index (χ2n) is 8.79. The molecule has 0 bridgehead atoms. The van der Waals surface area contributed by atoms with E-state index in [9.17, 15) is 14.0 Å². The van der Waals surface area contributed by atoms with Crippen molar-refractivity contribution < 1.29 is 9.18 Å². The maximum atomic E-state index is 14.7. The van der Waals surface area contributed by atoms with Gasteiger partial charge < -0.3 is 10.6 Å². The van der Waals surface area contributed by atoms with E-state index in [0.717, 1.165) is 6.07 Å². The first-order valence-electron chi connectivity index (χ1n) is 10.5. The molecule has 1 aromatic carbocycles. The van der Waals surface area contributed by atoms with Gasteiger partial charge in [0, 0.05) is 36.0 Å². The number of aryl methyl sites for hydroxylation is 1. The van der Waals surface area contributed by atoms with Crippen molar-refractivity contribution in [3.05, 3.63) is 58.0 Å². The Labute approximate surface area is 209 Å². The molecule has 4 rings (SSSR count). The first-order chi connectivity index (χ1) is 16.5. The fourth-order valence-corrected chi connectivity index (χ4v) is 4.00. The lowest BCUT2D eigenvalue weighted by Crippen LogP contribution is -2.22. The van der Waals surface area contributed by atoms with Gasteiger partial charge in [-0.2, -0.15) is 5.10 Å². The third kappa shape index (κ3) is 5.01. The Morgan fingerprint density at radius 2 is 1.89 bits per heavy atom. The second-order valence-corrected chi connectivity index (χ2v) is 9.97. The summed E-state index contributed by atoms with van der Waals surface area (Å²) >= 11 is 7.67. The molecule has 0 atom stereocenters. The number of benzene rings is 1. The van der Waals surface area contributed by atoms with Gasteiger partial charge >= 0.3 is 6.03 Å². The number of aromatic nitrogens is 5. The number of halogens is 2. The number of fused-ring (bicyclic) bond motifs is 1. The van der Waals surface area contributed by atoms with Crippen LogP contribution >= 0.6 is 23.4 Å². The van der Waals surface area contributed by atoms with E-state index in [0.29, 0.717) is 21.9 Å². The highest BCUT2D eigenvalue weighted by atomic mass is 35.5. The summed E-state index contributed by atoms with van der Waals surface area (Å²) in [5, 5.41) is 10.5. The van der Waals surface area contributed by atoms with E-state index in [1.54, 1.807) is 30.2 Å². The Hall–Kier alpha value is -3.44. The molecule has 0 fully saturated rings. The number of carbonyl (C=O) groups is 1. The summed E-state index contributed by atoms with van der Waals surface area (Å²) in [6.45, 7) is 5.91. The van der Waals surface area contributed by atoms with Gasteiger partial charge in [-0.1, -0.05) is 23.4 Å². The largest absolute Gasteiger partial charge is 0.323 e. The highest BCUT2D eigenvalue weighted by Crippen LogP contribution is 2.32. The van der Waals surface area contributed by atoms with Gasteiger partial charge in [0.05, 0.1) is 28.1 Å². The maximum absolute atomic E-state index is 14.7. The van der Waals surface area contributed by atoms with Gasteiger partial charge in [0.2, 0.25) is 0 Å². The Morgan fingerprint density at radius 3 is 2.54 bits per heavy atom. The molecule has 35 heavy (non-hydrogen) atoms. The van der Waals surface area contributed by atoms with Gasteiger partial charge in [0.1, 0.15) is 11.5 Å². The van der Waals surface area contributed by atoms with Crippen molar-refractivity contribution in [3.8, 4) is 11.1 Å². The fourth-order valence-electron chi connectivity index (χ4n) is 3.41. The zero-order valence-corrected chi connectivity index (χ0v) is 21.3. The molecular formula is C23H23ClFN7O2S. The average molecular weight is 516 g/mol. The van der Waals surface area contributed by atoms with E-state index in [2.05, 4.69) is 25.7 Å². The zero-order valence-electron chi connectivity index (χ0n) is 19.7. The van der Waals surface area contributed by atoms with E-state index in [4.69, 9.17) is 11.6 Å². The second kappa shape index (κ2) is 9.31. The van der Waals surface area contributed by atoms with Gasteiger partial charge in [-0.15, -0.1) is 0 Å². The van der Waals surface area contributed by atoms with Gasteiger partial charge in [-0.05, 0) is 45.2 Å². The fraction of sp³-hybridized carbons (Fsp3) is 0.261. The minimum atomic E-state index is -0.746. The predicted octanol–water partition coefficient (Wildman–Crippen LogP) is 5.11. The highest BCUT2D eigenvalue weighted by Gasteiger charge is 2.19. The summed E-state index contributed by atoms with van der Waals surface area (Å²) in [5.41, 5.74) is 0.621.